The van der Waals surface area contributed by atoms with Crippen LogP contribution in [0.4, 0.5) is 27.6 Å². The lowest BCUT2D eigenvalue weighted by molar-refractivity contribution is -0.175. The third kappa shape index (κ3) is 6.51. The van der Waals surface area contributed by atoms with E-state index in [-0.39, 0.29) is 53.6 Å². The Morgan fingerprint density at radius 3 is 2.52 bits per heavy atom. The van der Waals surface area contributed by atoms with Gasteiger partial charge in [0.1, 0.15) is 16.6 Å². The largest absolute Gasteiger partial charge is 0.495 e. The van der Waals surface area contributed by atoms with E-state index in [0.717, 1.165) is 29.9 Å². The van der Waals surface area contributed by atoms with Gasteiger partial charge in [-0.3, -0.25) is 4.72 Å². The minimum atomic E-state index is -4.46. The molecule has 0 aliphatic heterocycles. The van der Waals surface area contributed by atoms with E-state index in [1.165, 1.54) is 18.2 Å². The first-order valence-electron chi connectivity index (χ1n) is 12.6. The van der Waals surface area contributed by atoms with Crippen molar-refractivity contribution in [1.82, 2.24) is 4.98 Å². The molecule has 1 heterocycles. The number of allylic oxidation sites excluding steroid dienone is 2. The Morgan fingerprint density at radius 2 is 1.93 bits per heavy atom. The highest BCUT2D eigenvalue weighted by molar-refractivity contribution is 7.92. The fourth-order valence-corrected chi connectivity index (χ4v) is 6.54. The van der Waals surface area contributed by atoms with Crippen LogP contribution in [-0.4, -0.2) is 44.4 Å². The van der Waals surface area contributed by atoms with Crippen LogP contribution in [0.5, 0.6) is 11.5 Å². The molecule has 1 aromatic heterocycles. The van der Waals surface area contributed by atoms with Crippen molar-refractivity contribution in [3.8, 4) is 22.1 Å². The highest BCUT2D eigenvalue weighted by Crippen LogP contribution is 2.44. The molecule has 8 nitrogen and oxygen atoms in total. The summed E-state index contributed by atoms with van der Waals surface area (Å²) in [6.07, 6.45) is -2.65. The van der Waals surface area contributed by atoms with E-state index in [1.54, 1.807) is 6.92 Å². The molecule has 1 unspecified atom stereocenters. The van der Waals surface area contributed by atoms with Crippen molar-refractivity contribution in [2.24, 2.45) is 5.92 Å². The second-order valence-electron chi connectivity index (χ2n) is 9.33. The number of nitrogens with zero attached hydrogens (tertiary/aromatic N) is 1. The maximum Gasteiger partial charge on any atom is 0.392 e. The van der Waals surface area contributed by atoms with Gasteiger partial charge < -0.3 is 14.6 Å². The number of carbonyl (C=O) groups is 1. The summed E-state index contributed by atoms with van der Waals surface area (Å²) in [6, 6.07) is 4.34. The zero-order valence-corrected chi connectivity index (χ0v) is 23.9. The van der Waals surface area contributed by atoms with Crippen LogP contribution in [0.15, 0.2) is 40.7 Å². The number of ether oxygens (including phenoxy) is 2. The molecule has 0 amide bonds. The smallest absolute Gasteiger partial charge is 0.392 e. The van der Waals surface area contributed by atoms with E-state index in [4.69, 9.17) is 14.6 Å². The summed E-state index contributed by atoms with van der Waals surface area (Å²) in [7, 11) is -3.32. The van der Waals surface area contributed by atoms with Gasteiger partial charge >= 0.3 is 12.1 Å². The summed E-state index contributed by atoms with van der Waals surface area (Å²) in [6.45, 7) is 1.93. The third-order valence-electron chi connectivity index (χ3n) is 6.52. The highest BCUT2D eigenvalue weighted by atomic mass is 32.2. The van der Waals surface area contributed by atoms with Crippen molar-refractivity contribution in [2.75, 3.05) is 18.4 Å². The highest BCUT2D eigenvalue weighted by Gasteiger charge is 2.40. The molecule has 0 fully saturated rings. The van der Waals surface area contributed by atoms with Crippen LogP contribution >= 0.6 is 11.3 Å². The lowest BCUT2D eigenvalue weighted by Gasteiger charge is -2.25. The summed E-state index contributed by atoms with van der Waals surface area (Å²) in [5.41, 5.74) is -0.358. The lowest BCUT2D eigenvalue weighted by atomic mass is 9.85. The first-order valence-corrected chi connectivity index (χ1v) is 14.9. The number of hydrogen-bond acceptors (Lipinski definition) is 7. The number of methoxy groups -OCH3 is 1. The number of aromatic nitrogens is 1. The van der Waals surface area contributed by atoms with Crippen molar-refractivity contribution in [1.29, 1.82) is 0 Å². The van der Waals surface area contributed by atoms with Gasteiger partial charge in [-0.25, -0.2) is 18.6 Å². The molecule has 0 saturated carbocycles. The van der Waals surface area contributed by atoms with E-state index in [2.05, 4.69) is 9.71 Å². The molecule has 0 radical (unpaired) electrons. The predicted octanol–water partition coefficient (Wildman–Crippen LogP) is 7.13. The molecule has 1 aliphatic rings. The van der Waals surface area contributed by atoms with Gasteiger partial charge in [0.25, 0.3) is 10.0 Å². The number of alkyl halides is 3. The number of benzene rings is 2. The van der Waals surface area contributed by atoms with Gasteiger partial charge in [0.15, 0.2) is 16.6 Å². The topological polar surface area (TPSA) is 115 Å². The van der Waals surface area contributed by atoms with Crippen LogP contribution in [0, 0.1) is 17.6 Å². The quantitative estimate of drug-likeness (QED) is 0.229. The van der Waals surface area contributed by atoms with Gasteiger partial charge in [0.2, 0.25) is 0 Å². The molecule has 2 aromatic carbocycles. The van der Waals surface area contributed by atoms with Crippen molar-refractivity contribution < 1.29 is 49.7 Å². The third-order valence-corrected chi connectivity index (χ3v) is 8.79. The molecule has 1 atom stereocenters. The summed E-state index contributed by atoms with van der Waals surface area (Å²) < 4.78 is 108. The second kappa shape index (κ2) is 12.3. The average molecular weight is 633 g/mol. The zero-order valence-electron chi connectivity index (χ0n) is 22.2. The molecule has 3 aromatic rings. The number of hydrogen-bond donors (Lipinski definition) is 2. The van der Waals surface area contributed by atoms with Crippen molar-refractivity contribution in [3.05, 3.63) is 58.5 Å². The maximum absolute atomic E-state index is 15.8. The van der Waals surface area contributed by atoms with Crippen LogP contribution in [0.3, 0.4) is 0 Å². The molecule has 0 bridgehead atoms. The van der Waals surface area contributed by atoms with Crippen LogP contribution in [0.2, 0.25) is 0 Å². The van der Waals surface area contributed by atoms with E-state index >= 15 is 4.39 Å². The number of aromatic carboxylic acids is 1. The Hall–Kier alpha value is -3.72. The second-order valence-corrected chi connectivity index (χ2v) is 11.8. The number of carboxylic acids is 1. The van der Waals surface area contributed by atoms with Gasteiger partial charge in [-0.2, -0.15) is 21.6 Å². The molecule has 4 rings (SSSR count). The Balaban J connectivity index is 1.66. The number of anilines is 1. The lowest BCUT2D eigenvalue weighted by Crippen LogP contribution is -2.24. The molecule has 42 heavy (non-hydrogen) atoms. The fourth-order valence-electron chi connectivity index (χ4n) is 4.36. The van der Waals surface area contributed by atoms with Gasteiger partial charge in [-0.15, -0.1) is 11.3 Å². The van der Waals surface area contributed by atoms with Gasteiger partial charge in [0.05, 0.1) is 36.4 Å². The minimum absolute atomic E-state index is 0.0325. The van der Waals surface area contributed by atoms with Gasteiger partial charge in [0, 0.05) is 17.0 Å². The predicted molar refractivity (Wildman–Crippen MR) is 145 cm³/mol. The molecule has 226 valence electrons. The van der Waals surface area contributed by atoms with Crippen molar-refractivity contribution >= 4 is 38.6 Å². The molecule has 2 N–H and O–H groups in total. The molecule has 0 spiro atoms. The van der Waals surface area contributed by atoms with Crippen LogP contribution in [0.1, 0.15) is 48.5 Å². The van der Waals surface area contributed by atoms with Crippen LogP contribution in [0.25, 0.3) is 16.1 Å². The van der Waals surface area contributed by atoms with Gasteiger partial charge in [-0.05, 0) is 43.4 Å². The first kappa shape index (κ1) is 31.2. The Labute approximate surface area is 241 Å². The Kier molecular flexibility index (Phi) is 9.11. The van der Waals surface area contributed by atoms with E-state index in [0.29, 0.717) is 23.6 Å². The molecule has 15 heteroatoms. The number of carboxylic acid groups (broad SMARTS) is 1. The molecular weight excluding hydrogens is 607 g/mol. The minimum Gasteiger partial charge on any atom is -0.495 e. The van der Waals surface area contributed by atoms with Gasteiger partial charge in [-0.1, -0.05) is 19.1 Å². The van der Waals surface area contributed by atoms with Crippen LogP contribution < -0.4 is 14.2 Å². The molecule has 0 saturated heterocycles. The number of nitrogens with one attached hydrogen (secondary N) is 1. The summed E-state index contributed by atoms with van der Waals surface area (Å²) in [4.78, 5) is 15.2. The maximum atomic E-state index is 15.8. The molecule has 1 aliphatic carbocycles. The Bertz CT molecular complexity index is 1640. The summed E-state index contributed by atoms with van der Waals surface area (Å²) in [5, 5.41) is 9.66. The van der Waals surface area contributed by atoms with E-state index < -0.39 is 50.3 Å². The van der Waals surface area contributed by atoms with E-state index in [1.807, 2.05) is 0 Å². The number of halogens is 5. The van der Waals surface area contributed by atoms with Crippen LogP contribution in [-0.2, 0) is 10.0 Å². The monoisotopic (exact) mass is 632 g/mol. The zero-order chi connectivity index (χ0) is 30.8. The summed E-state index contributed by atoms with van der Waals surface area (Å²) in [5.74, 6) is -5.53. The average Bonchev–Trinajstić information content (AvgIpc) is 3.43. The first-order chi connectivity index (χ1) is 19.8. The van der Waals surface area contributed by atoms with Crippen molar-refractivity contribution in [2.45, 2.75) is 43.8 Å². The van der Waals surface area contributed by atoms with Crippen molar-refractivity contribution in [3.63, 3.8) is 0 Å². The number of rotatable bonds is 10. The number of sulfonamides is 1. The van der Waals surface area contributed by atoms with E-state index in [9.17, 15) is 30.8 Å². The Morgan fingerprint density at radius 1 is 1.21 bits per heavy atom. The SMILES string of the molecule is CCCOc1c(C2=CCC(C(F)(F)F)CC2)ccc(-c2nc(S(=O)(=O)Nc3cc(F)c(C(=O)O)cc3OC)cs2)c1F. The summed E-state index contributed by atoms with van der Waals surface area (Å²) >= 11 is 0.802. The normalized spacial score (nSPS) is 15.7. The fraction of sp³-hybridized carbons (Fsp3) is 0.333. The number of thiazole rings is 1. The standard InChI is InChI=1S/C27H25F5N2O6S2/c1-3-10-40-24-16(14-4-6-15(7-5-14)27(30,31)32)8-9-17(23(24)29)25-33-22(13-41-25)42(37,38)34-20-12-19(28)18(26(35)36)11-21(20)39-2/h4,8-9,11-13,15,34H,3,5-7,10H2,1-2H3,(H,35,36). The molecular formula is C27H25F5N2O6S2.